The first-order valence-corrected chi connectivity index (χ1v) is 17.2. The topological polar surface area (TPSA) is 59.1 Å². The van der Waals surface area contributed by atoms with Crippen LogP contribution in [-0.2, 0) is 22.6 Å². The van der Waals surface area contributed by atoms with Gasteiger partial charge in [-0.2, -0.15) is 0 Å². The van der Waals surface area contributed by atoms with Crippen LogP contribution in [-0.4, -0.2) is 62.4 Å². The van der Waals surface area contributed by atoms with Gasteiger partial charge in [0.05, 0.1) is 26.4 Å². The van der Waals surface area contributed by atoms with Gasteiger partial charge < -0.3 is 9.47 Å². The van der Waals surface area contributed by atoms with Crippen LogP contribution >= 0.6 is 22.7 Å². The molecule has 0 bridgehead atoms. The van der Waals surface area contributed by atoms with Gasteiger partial charge in [-0.3, -0.25) is 19.4 Å². The summed E-state index contributed by atoms with van der Waals surface area (Å²) in [6, 6.07) is 26.5. The Morgan fingerprint density at radius 1 is 0.556 bits per heavy atom. The molecule has 45 heavy (non-hydrogen) atoms. The summed E-state index contributed by atoms with van der Waals surface area (Å²) in [6.45, 7) is 10.9. The molecule has 8 rings (SSSR count). The maximum absolute atomic E-state index is 12.7. The molecule has 2 aliphatic rings. The van der Waals surface area contributed by atoms with Crippen LogP contribution in [0.25, 0.3) is 40.3 Å². The van der Waals surface area contributed by atoms with Crippen molar-refractivity contribution in [3.63, 3.8) is 0 Å². The number of fused-ring (bicyclic) bond motifs is 4. The van der Waals surface area contributed by atoms with Crippen LogP contribution in [0.1, 0.15) is 16.7 Å². The highest BCUT2D eigenvalue weighted by Gasteiger charge is 2.14. The second-order valence-corrected chi connectivity index (χ2v) is 14.0. The molecule has 0 aliphatic carbocycles. The van der Waals surface area contributed by atoms with E-state index in [0.717, 1.165) is 112 Å². The lowest BCUT2D eigenvalue weighted by atomic mass is 10.1. The van der Waals surface area contributed by atoms with Gasteiger partial charge in [0.15, 0.2) is 10.9 Å². The molecule has 0 unspecified atom stereocenters. The number of hydrogen-bond donors (Lipinski definition) is 0. The highest BCUT2D eigenvalue weighted by molar-refractivity contribution is 7.24. The van der Waals surface area contributed by atoms with Crippen LogP contribution in [0.15, 0.2) is 88.5 Å². The Hall–Kier alpha value is -3.50. The fraction of sp³-hybridized carbons (Fsp3) is 0.297. The first kappa shape index (κ1) is 30.2. The normalized spacial score (nSPS) is 16.3. The fourth-order valence-corrected chi connectivity index (χ4v) is 8.26. The lowest BCUT2D eigenvalue weighted by molar-refractivity contribution is 0.0341. The molecular weight excluding hydrogens is 601 g/mol. The number of benzene rings is 4. The molecule has 0 amide bonds. The van der Waals surface area contributed by atoms with Crippen LogP contribution < -0.4 is 10.9 Å². The molecule has 8 heteroatoms. The molecule has 4 aromatic carbocycles. The van der Waals surface area contributed by atoms with Crippen molar-refractivity contribution in [1.82, 2.24) is 9.80 Å². The summed E-state index contributed by atoms with van der Waals surface area (Å²) in [5.74, 6) is 0. The first-order chi connectivity index (χ1) is 22.0. The zero-order chi connectivity index (χ0) is 30.8. The minimum Gasteiger partial charge on any atom is -0.379 e. The van der Waals surface area contributed by atoms with Gasteiger partial charge in [-0.15, -0.1) is 22.7 Å². The van der Waals surface area contributed by atoms with Crippen LogP contribution in [0, 0.1) is 6.92 Å². The SMILES string of the molecule is Cc1ccc2sc3cc(CN4CCOCC4)ccc3c(=O)c2c1.O=c1c2ccccc2sc2ccc(CN3CCOCC3)cc12. The molecule has 2 fully saturated rings. The number of ether oxygens (including phenoxy) is 2. The lowest BCUT2D eigenvalue weighted by Gasteiger charge is -2.26. The standard InChI is InChI=1S/C19H19NO2S.C18H17NO2S/c1-13-2-5-17-16(10-13)19(21)15-4-3-14(11-18(15)23-17)12-20-6-8-22-9-7-20;20-18-14-3-1-2-4-16(14)22-17-6-5-13(11-15(17)18)12-19-7-9-21-10-8-19/h2-5,10-11H,6-9,12H2,1H3;1-6,11H,7-10,12H2. The monoisotopic (exact) mass is 636 g/mol. The van der Waals surface area contributed by atoms with Gasteiger partial charge >= 0.3 is 0 Å². The van der Waals surface area contributed by atoms with E-state index >= 15 is 0 Å². The van der Waals surface area contributed by atoms with Crippen molar-refractivity contribution in [2.45, 2.75) is 20.0 Å². The lowest BCUT2D eigenvalue weighted by Crippen LogP contribution is -2.35. The molecular formula is C37H36N2O4S2. The summed E-state index contributed by atoms with van der Waals surface area (Å²) >= 11 is 3.39. The van der Waals surface area contributed by atoms with Crippen LogP contribution in [0.5, 0.6) is 0 Å². The fourth-order valence-electron chi connectivity index (χ4n) is 6.09. The maximum Gasteiger partial charge on any atom is 0.195 e. The van der Waals surface area contributed by atoms with Gasteiger partial charge in [-0.25, -0.2) is 0 Å². The second kappa shape index (κ2) is 13.5. The maximum atomic E-state index is 12.7. The molecule has 0 spiro atoms. The molecule has 2 aromatic heterocycles. The van der Waals surface area contributed by atoms with Crippen molar-refractivity contribution >= 4 is 63.0 Å². The van der Waals surface area contributed by atoms with Crippen molar-refractivity contribution in [2.24, 2.45) is 0 Å². The average Bonchev–Trinajstić information content (AvgIpc) is 3.07. The predicted molar refractivity (Wildman–Crippen MR) is 188 cm³/mol. The molecule has 230 valence electrons. The van der Waals surface area contributed by atoms with Crippen LogP contribution in [0.4, 0.5) is 0 Å². The van der Waals surface area contributed by atoms with Crippen molar-refractivity contribution in [1.29, 1.82) is 0 Å². The molecule has 0 N–H and O–H groups in total. The highest BCUT2D eigenvalue weighted by Crippen LogP contribution is 2.27. The number of hydrogen-bond acceptors (Lipinski definition) is 8. The zero-order valence-corrected chi connectivity index (χ0v) is 27.1. The van der Waals surface area contributed by atoms with E-state index in [2.05, 4.69) is 52.3 Å². The summed E-state index contributed by atoms with van der Waals surface area (Å²) < 4.78 is 15.1. The Labute approximate surface area is 270 Å². The Balaban J connectivity index is 0.000000145. The van der Waals surface area contributed by atoms with Crippen LogP contribution in [0.2, 0.25) is 0 Å². The van der Waals surface area contributed by atoms with Crippen molar-refractivity contribution in [3.8, 4) is 0 Å². The third-order valence-electron chi connectivity index (χ3n) is 8.55. The number of nitrogens with zero attached hydrogens (tertiary/aromatic N) is 2. The smallest absolute Gasteiger partial charge is 0.195 e. The van der Waals surface area contributed by atoms with E-state index in [-0.39, 0.29) is 10.9 Å². The Bertz CT molecular complexity index is 2110. The van der Waals surface area contributed by atoms with Gasteiger partial charge in [-0.05, 0) is 66.6 Å². The largest absolute Gasteiger partial charge is 0.379 e. The first-order valence-electron chi connectivity index (χ1n) is 15.5. The van der Waals surface area contributed by atoms with Gasteiger partial charge in [0, 0.05) is 79.6 Å². The molecule has 2 saturated heterocycles. The van der Waals surface area contributed by atoms with Gasteiger partial charge in [0.25, 0.3) is 0 Å². The third-order valence-corrected chi connectivity index (χ3v) is 10.8. The second-order valence-electron chi connectivity index (χ2n) is 11.8. The summed E-state index contributed by atoms with van der Waals surface area (Å²) in [7, 11) is 0. The summed E-state index contributed by atoms with van der Waals surface area (Å²) in [5.41, 5.74) is 3.89. The van der Waals surface area contributed by atoms with Crippen molar-refractivity contribution in [3.05, 3.63) is 116 Å². The summed E-state index contributed by atoms with van der Waals surface area (Å²) in [4.78, 5) is 30.2. The minimum atomic E-state index is 0.146. The van der Waals surface area contributed by atoms with Crippen LogP contribution in [0.3, 0.4) is 0 Å². The zero-order valence-electron chi connectivity index (χ0n) is 25.4. The molecule has 6 aromatic rings. The van der Waals surface area contributed by atoms with E-state index in [0.29, 0.717) is 0 Å². The van der Waals surface area contributed by atoms with Gasteiger partial charge in [0.1, 0.15) is 0 Å². The van der Waals surface area contributed by atoms with E-state index in [4.69, 9.17) is 9.47 Å². The van der Waals surface area contributed by atoms with Crippen molar-refractivity contribution < 1.29 is 9.47 Å². The minimum absolute atomic E-state index is 0.146. The highest BCUT2D eigenvalue weighted by atomic mass is 32.1. The number of aryl methyl sites for hydroxylation is 1. The van der Waals surface area contributed by atoms with Crippen molar-refractivity contribution in [2.75, 3.05) is 52.6 Å². The number of rotatable bonds is 4. The quantitative estimate of drug-likeness (QED) is 0.199. The average molecular weight is 637 g/mol. The third kappa shape index (κ3) is 6.72. The van der Waals surface area contributed by atoms with Gasteiger partial charge in [-0.1, -0.05) is 35.9 Å². The Kier molecular flexibility index (Phi) is 9.03. The molecule has 0 atom stereocenters. The van der Waals surface area contributed by atoms with E-state index in [1.165, 1.54) is 11.1 Å². The molecule has 2 aliphatic heterocycles. The molecule has 6 nitrogen and oxygen atoms in total. The van der Waals surface area contributed by atoms with E-state index in [1.807, 2.05) is 43.3 Å². The summed E-state index contributed by atoms with van der Waals surface area (Å²) in [5, 5.41) is 3.33. The predicted octanol–water partition coefficient (Wildman–Crippen LogP) is 6.80. The Morgan fingerprint density at radius 2 is 1.07 bits per heavy atom. The van der Waals surface area contributed by atoms with E-state index < -0.39 is 0 Å². The summed E-state index contributed by atoms with van der Waals surface area (Å²) in [6.07, 6.45) is 0. The molecule has 0 saturated carbocycles. The van der Waals surface area contributed by atoms with Gasteiger partial charge in [0.2, 0.25) is 0 Å². The molecule has 4 heterocycles. The molecule has 0 radical (unpaired) electrons. The Morgan fingerprint density at radius 3 is 1.76 bits per heavy atom. The van der Waals surface area contributed by atoms with E-state index in [9.17, 15) is 9.59 Å². The van der Waals surface area contributed by atoms with E-state index in [1.54, 1.807) is 22.7 Å². The number of morpholine rings is 2.